The number of aliphatic imine (C=N–C) groups is 2. The van der Waals surface area contributed by atoms with Crippen molar-refractivity contribution in [3.05, 3.63) is 57.6 Å². The molecule has 0 atom stereocenters. The summed E-state index contributed by atoms with van der Waals surface area (Å²) in [4.78, 5) is 9.00. The van der Waals surface area contributed by atoms with Gasteiger partial charge in [-0.15, -0.1) is 0 Å². The van der Waals surface area contributed by atoms with Crippen molar-refractivity contribution in [3.8, 4) is 11.5 Å². The van der Waals surface area contributed by atoms with Crippen molar-refractivity contribution in [2.75, 3.05) is 13.1 Å². The molecule has 0 amide bonds. The maximum Gasteiger partial charge on any atom is 3.00 e. The molecule has 0 N–H and O–H groups in total. The summed E-state index contributed by atoms with van der Waals surface area (Å²) in [6.45, 7) is 26.2. The molecule has 210 valence electrons. The van der Waals surface area contributed by atoms with Gasteiger partial charge in [-0.1, -0.05) is 119 Å². The molecule has 0 aliphatic carbocycles. The molecule has 2 aromatic carbocycles. The Morgan fingerprint density at radius 1 is 0.553 bits per heavy atom. The van der Waals surface area contributed by atoms with E-state index in [0.717, 1.165) is 22.3 Å². The minimum Gasteiger partial charge on any atom is -1.00 e. The maximum atomic E-state index is 13.1. The Bertz CT molecular complexity index is 1050. The van der Waals surface area contributed by atoms with Gasteiger partial charge in [0, 0.05) is 12.4 Å². The van der Waals surface area contributed by atoms with Crippen LogP contribution in [0.3, 0.4) is 0 Å². The van der Waals surface area contributed by atoms with Crippen molar-refractivity contribution in [1.29, 1.82) is 0 Å². The fourth-order valence-corrected chi connectivity index (χ4v) is 3.92. The van der Waals surface area contributed by atoms with Gasteiger partial charge in [0.25, 0.3) is 0 Å². The average Bonchev–Trinajstić information content (AvgIpc) is 2.69. The molecule has 0 spiro atoms. The normalized spacial score (nSPS) is 13.1. The predicted octanol–water partition coefficient (Wildman–Crippen LogP) is 3.56. The molecule has 0 radical (unpaired) electrons. The first-order valence-corrected chi connectivity index (χ1v) is 12.9. The monoisotopic (exact) mass is 580 g/mol. The molecular formula is C32H46ClMnN2O2. The van der Waals surface area contributed by atoms with Crippen molar-refractivity contribution < 1.29 is 39.7 Å². The summed E-state index contributed by atoms with van der Waals surface area (Å²) in [6, 6.07) is 8.00. The zero-order chi connectivity index (χ0) is 27.7. The van der Waals surface area contributed by atoms with E-state index in [1.807, 2.05) is 24.3 Å². The minimum atomic E-state index is -0.241. The summed E-state index contributed by atoms with van der Waals surface area (Å²) in [5.41, 5.74) is 4.50. The van der Waals surface area contributed by atoms with Gasteiger partial charge in [0.05, 0.1) is 13.1 Å². The van der Waals surface area contributed by atoms with Gasteiger partial charge in [0.1, 0.15) is 0 Å². The van der Waals surface area contributed by atoms with Gasteiger partial charge in [-0.25, -0.2) is 0 Å². The van der Waals surface area contributed by atoms with Crippen LogP contribution in [0.15, 0.2) is 34.3 Å². The van der Waals surface area contributed by atoms with Gasteiger partial charge in [-0.3, -0.25) is 9.98 Å². The van der Waals surface area contributed by atoms with Crippen LogP contribution in [0.4, 0.5) is 0 Å². The van der Waals surface area contributed by atoms with Gasteiger partial charge >= 0.3 is 17.1 Å². The summed E-state index contributed by atoms with van der Waals surface area (Å²) in [6.07, 6.45) is 3.36. The van der Waals surface area contributed by atoms with Crippen molar-refractivity contribution in [3.63, 3.8) is 0 Å². The second kappa shape index (κ2) is 13.0. The van der Waals surface area contributed by atoms with Crippen LogP contribution in [0, 0.1) is 0 Å². The van der Waals surface area contributed by atoms with E-state index in [9.17, 15) is 10.2 Å². The molecule has 38 heavy (non-hydrogen) atoms. The van der Waals surface area contributed by atoms with Gasteiger partial charge in [-0.2, -0.15) is 0 Å². The Kier molecular flexibility index (Phi) is 12.4. The fraction of sp³-hybridized carbons (Fsp3) is 0.562. The molecule has 0 aromatic heterocycles. The Morgan fingerprint density at radius 3 is 1.08 bits per heavy atom. The topological polar surface area (TPSA) is 70.8 Å². The van der Waals surface area contributed by atoms with Gasteiger partial charge in [-0.05, 0) is 55.0 Å². The van der Waals surface area contributed by atoms with E-state index >= 15 is 0 Å². The second-order valence-electron chi connectivity index (χ2n) is 14.0. The van der Waals surface area contributed by atoms with E-state index in [2.05, 4.69) is 93.1 Å². The summed E-state index contributed by atoms with van der Waals surface area (Å²) < 4.78 is 0. The van der Waals surface area contributed by atoms with E-state index in [1.54, 1.807) is 12.4 Å². The summed E-state index contributed by atoms with van der Waals surface area (Å²) in [5, 5.41) is 26.2. The first kappa shape index (κ1) is 36.2. The standard InChI is InChI=1S/C32H48N2O2.ClH.Mn/c1-29(2,3)23-15-21(27(35)25(17-23)31(7,8)9)19-33-13-14-34-20-22-16-24(30(4,5)6)18-26(28(22)36)32(10,11)12;;/h15-20,35-36H,13-14H2,1-12H3;1H;/q;;+3/p-3. The Labute approximate surface area is 248 Å². The molecule has 2 aromatic rings. The molecule has 0 heterocycles. The van der Waals surface area contributed by atoms with E-state index in [0.29, 0.717) is 24.2 Å². The van der Waals surface area contributed by atoms with Gasteiger partial charge in [0.2, 0.25) is 0 Å². The Balaban J connectivity index is 0.00000684. The first-order chi connectivity index (χ1) is 16.2. The number of rotatable bonds is 5. The van der Waals surface area contributed by atoms with Crippen molar-refractivity contribution >= 4 is 12.4 Å². The van der Waals surface area contributed by atoms with Crippen LogP contribution in [-0.4, -0.2) is 25.5 Å². The number of nitrogens with zero attached hydrogens (tertiary/aromatic N) is 2. The summed E-state index contributed by atoms with van der Waals surface area (Å²) in [5.74, 6) is 0.0694. The van der Waals surface area contributed by atoms with E-state index < -0.39 is 0 Å². The summed E-state index contributed by atoms with van der Waals surface area (Å²) in [7, 11) is 0. The molecule has 2 rings (SSSR count). The Hall–Kier alpha value is -1.81. The van der Waals surface area contributed by atoms with Crippen molar-refractivity contribution in [2.45, 2.75) is 105 Å². The maximum absolute atomic E-state index is 13.1. The van der Waals surface area contributed by atoms with Crippen LogP contribution in [0.25, 0.3) is 0 Å². The zero-order valence-corrected chi connectivity index (χ0v) is 27.3. The van der Waals surface area contributed by atoms with Crippen molar-refractivity contribution in [1.82, 2.24) is 0 Å². The zero-order valence-electron chi connectivity index (χ0n) is 25.3. The molecule has 0 bridgehead atoms. The molecule has 6 heteroatoms. The van der Waals surface area contributed by atoms with Crippen molar-refractivity contribution in [2.24, 2.45) is 9.98 Å². The van der Waals surface area contributed by atoms with Gasteiger partial charge < -0.3 is 22.6 Å². The van der Waals surface area contributed by atoms with Crippen LogP contribution >= 0.6 is 0 Å². The molecule has 0 saturated carbocycles. The molecule has 0 aliphatic heterocycles. The first-order valence-electron chi connectivity index (χ1n) is 12.9. The molecule has 4 nitrogen and oxygen atoms in total. The van der Waals surface area contributed by atoms with Crippen LogP contribution in [-0.2, 0) is 38.7 Å². The molecular weight excluding hydrogens is 535 g/mol. The predicted molar refractivity (Wildman–Crippen MR) is 151 cm³/mol. The SMILES string of the molecule is CC(C)(C)c1cc(C=NCCN=Cc2cc(C(C)(C)C)cc(C(C)(C)C)c2[O-])c([O-])c(C(C)(C)C)c1.[Cl-].[Mn+3]. The van der Waals surface area contributed by atoms with E-state index in [-0.39, 0.29) is 62.6 Å². The third kappa shape index (κ3) is 9.43. The number of hydrogen-bond acceptors (Lipinski definition) is 4. The van der Waals surface area contributed by atoms with Crippen LogP contribution in [0.5, 0.6) is 11.5 Å². The minimum absolute atomic E-state index is 0. The molecule has 0 saturated heterocycles. The molecule has 0 unspecified atom stereocenters. The number of halogens is 1. The number of benzene rings is 2. The fourth-order valence-electron chi connectivity index (χ4n) is 3.92. The van der Waals surface area contributed by atoms with E-state index in [1.165, 1.54) is 0 Å². The molecule has 0 fully saturated rings. The molecule has 0 aliphatic rings. The third-order valence-electron chi connectivity index (χ3n) is 6.40. The van der Waals surface area contributed by atoms with Gasteiger partial charge in [0.15, 0.2) is 0 Å². The smallest absolute Gasteiger partial charge is 1.00 e. The average molecular weight is 581 g/mol. The van der Waals surface area contributed by atoms with Crippen LogP contribution < -0.4 is 22.6 Å². The Morgan fingerprint density at radius 2 is 0.842 bits per heavy atom. The van der Waals surface area contributed by atoms with Crippen LogP contribution in [0.2, 0.25) is 0 Å². The third-order valence-corrected chi connectivity index (χ3v) is 6.40. The number of hydrogen-bond donors (Lipinski definition) is 0. The van der Waals surface area contributed by atoms with E-state index in [4.69, 9.17) is 0 Å². The quantitative estimate of drug-likeness (QED) is 0.308. The largest absolute Gasteiger partial charge is 3.00 e. The second-order valence-corrected chi connectivity index (χ2v) is 14.0. The summed E-state index contributed by atoms with van der Waals surface area (Å²) >= 11 is 0. The van der Waals surface area contributed by atoms with Crippen LogP contribution in [0.1, 0.15) is 116 Å².